The molecular weight excluding hydrogens is 189 g/mol. The molecule has 0 radical (unpaired) electrons. The Morgan fingerprint density at radius 2 is 2.00 bits per heavy atom. The van der Waals surface area contributed by atoms with Gasteiger partial charge in [-0.3, -0.25) is 19.2 Å². The van der Waals surface area contributed by atoms with Gasteiger partial charge in [-0.15, -0.1) is 0 Å². The molecule has 0 aliphatic carbocycles. The highest BCUT2D eigenvalue weighted by atomic mass is 31.2. The lowest BCUT2D eigenvalue weighted by molar-refractivity contribution is -0.573. The van der Waals surface area contributed by atoms with Gasteiger partial charge in [-0.05, 0) is 0 Å². The number of nitrogens with zero attached hydrogens (tertiary/aromatic N) is 1. The summed E-state index contributed by atoms with van der Waals surface area (Å²) in [6.45, 7) is 0.466. The second-order valence-corrected chi connectivity index (χ2v) is 4.22. The van der Waals surface area contributed by atoms with Crippen LogP contribution >= 0.6 is 7.82 Å². The Hall–Kier alpha value is -0.490. The quantitative estimate of drug-likeness (QED) is 0.365. The van der Waals surface area contributed by atoms with Gasteiger partial charge in [-0.25, -0.2) is 4.57 Å². The third kappa shape index (κ3) is 1.81. The normalized spacial score (nSPS) is 42.5. The Labute approximate surface area is 68.1 Å². The van der Waals surface area contributed by atoms with Crippen molar-refractivity contribution < 1.29 is 23.4 Å². The molecule has 0 spiro atoms. The van der Waals surface area contributed by atoms with Crippen molar-refractivity contribution in [1.29, 1.82) is 0 Å². The molecule has 12 heavy (non-hydrogen) atoms. The molecule has 1 aliphatic rings. The Morgan fingerprint density at radius 3 is 2.33 bits per heavy atom. The molecule has 1 fully saturated rings. The molecule has 0 saturated carbocycles. The molecule has 1 N–H and O–H groups in total. The SMILES string of the molecule is CC1([N+](=O)[O-])COP(=O)(O)OC1. The van der Waals surface area contributed by atoms with E-state index in [1.54, 1.807) is 0 Å². The summed E-state index contributed by atoms with van der Waals surface area (Å²) in [5.41, 5.74) is -1.42. The molecule has 1 rings (SSSR count). The van der Waals surface area contributed by atoms with Crippen molar-refractivity contribution in [2.24, 2.45) is 0 Å². The van der Waals surface area contributed by atoms with Crippen LogP contribution in [0.15, 0.2) is 0 Å². The van der Waals surface area contributed by atoms with Gasteiger partial charge in [0.25, 0.3) is 5.54 Å². The smallest absolute Gasteiger partial charge is 0.302 e. The maximum atomic E-state index is 10.6. The van der Waals surface area contributed by atoms with Gasteiger partial charge < -0.3 is 4.89 Å². The van der Waals surface area contributed by atoms with E-state index in [4.69, 9.17) is 4.89 Å². The van der Waals surface area contributed by atoms with Crippen molar-refractivity contribution in [1.82, 2.24) is 0 Å². The van der Waals surface area contributed by atoms with Crippen LogP contribution in [0.4, 0.5) is 0 Å². The van der Waals surface area contributed by atoms with Crippen LogP contribution in [0.3, 0.4) is 0 Å². The Kier molecular flexibility index (Phi) is 2.22. The molecule has 0 aromatic heterocycles. The first-order valence-corrected chi connectivity index (χ1v) is 4.62. The van der Waals surface area contributed by atoms with E-state index in [9.17, 15) is 14.7 Å². The van der Waals surface area contributed by atoms with E-state index in [-0.39, 0.29) is 0 Å². The van der Waals surface area contributed by atoms with Crippen LogP contribution in [0, 0.1) is 10.1 Å². The molecule has 0 amide bonds. The largest absolute Gasteiger partial charge is 0.472 e. The van der Waals surface area contributed by atoms with Gasteiger partial charge in [0, 0.05) is 11.8 Å². The number of phosphoric acid groups is 1. The zero-order chi connectivity index (χ0) is 9.41. The number of nitro groups is 1. The predicted octanol–water partition coefficient (Wildman–Crippen LogP) is 0.169. The van der Waals surface area contributed by atoms with Crippen LogP contribution in [0.2, 0.25) is 0 Å². The minimum atomic E-state index is -4.01. The highest BCUT2D eigenvalue weighted by Crippen LogP contribution is 2.48. The van der Waals surface area contributed by atoms with Gasteiger partial charge in [-0.2, -0.15) is 0 Å². The fraction of sp³-hybridized carbons (Fsp3) is 1.00. The standard InChI is InChI=1S/C4H8NO6P/c1-4(5(6)7)2-10-12(8,9)11-3-4/h2-3H2,1H3,(H,8,9). The van der Waals surface area contributed by atoms with Crippen LogP contribution in [-0.2, 0) is 13.6 Å². The molecule has 1 heterocycles. The molecule has 8 heteroatoms. The molecule has 1 saturated heterocycles. The average molecular weight is 197 g/mol. The Bertz CT molecular complexity index is 240. The molecular formula is C4H8NO6P. The first kappa shape index (κ1) is 9.60. The minimum absolute atomic E-state index is 0.409. The third-order valence-electron chi connectivity index (χ3n) is 1.52. The molecule has 7 nitrogen and oxygen atoms in total. The van der Waals surface area contributed by atoms with Gasteiger partial charge in [0.05, 0.1) is 0 Å². The minimum Gasteiger partial charge on any atom is -0.302 e. The summed E-state index contributed by atoms with van der Waals surface area (Å²) in [5, 5.41) is 10.4. The molecule has 0 aromatic rings. The highest BCUT2D eigenvalue weighted by Gasteiger charge is 2.47. The zero-order valence-corrected chi connectivity index (χ0v) is 7.19. The topological polar surface area (TPSA) is 98.9 Å². The lowest BCUT2D eigenvalue weighted by Gasteiger charge is -2.27. The Morgan fingerprint density at radius 1 is 1.58 bits per heavy atom. The maximum Gasteiger partial charge on any atom is 0.472 e. The van der Waals surface area contributed by atoms with Crippen LogP contribution in [-0.4, -0.2) is 28.6 Å². The van der Waals surface area contributed by atoms with Gasteiger partial charge in [0.1, 0.15) is 13.2 Å². The molecule has 70 valence electrons. The summed E-state index contributed by atoms with van der Waals surface area (Å²) >= 11 is 0. The summed E-state index contributed by atoms with van der Waals surface area (Å²) in [7, 11) is -4.01. The van der Waals surface area contributed by atoms with Gasteiger partial charge in [-0.1, -0.05) is 0 Å². The van der Waals surface area contributed by atoms with Crippen LogP contribution in [0.5, 0.6) is 0 Å². The van der Waals surface area contributed by atoms with Crippen molar-refractivity contribution >= 4 is 7.82 Å². The summed E-state index contributed by atoms with van der Waals surface area (Å²) in [6.07, 6.45) is 0. The summed E-state index contributed by atoms with van der Waals surface area (Å²) < 4.78 is 19.2. The molecule has 1 aliphatic heterocycles. The van der Waals surface area contributed by atoms with E-state index in [0.29, 0.717) is 0 Å². The van der Waals surface area contributed by atoms with E-state index in [1.165, 1.54) is 6.92 Å². The van der Waals surface area contributed by atoms with Crippen LogP contribution < -0.4 is 0 Å². The van der Waals surface area contributed by atoms with Gasteiger partial charge in [0.15, 0.2) is 0 Å². The van der Waals surface area contributed by atoms with Gasteiger partial charge >= 0.3 is 7.82 Å². The van der Waals surface area contributed by atoms with Gasteiger partial charge in [0.2, 0.25) is 0 Å². The van der Waals surface area contributed by atoms with Crippen LogP contribution in [0.25, 0.3) is 0 Å². The second kappa shape index (κ2) is 2.77. The molecule has 0 bridgehead atoms. The Balaban J connectivity index is 2.68. The molecule has 0 aromatic carbocycles. The highest BCUT2D eigenvalue weighted by molar-refractivity contribution is 7.47. The van der Waals surface area contributed by atoms with Crippen molar-refractivity contribution in [3.8, 4) is 0 Å². The second-order valence-electron chi connectivity index (χ2n) is 2.77. The van der Waals surface area contributed by atoms with E-state index >= 15 is 0 Å². The lowest BCUT2D eigenvalue weighted by Crippen LogP contribution is -2.46. The zero-order valence-electron chi connectivity index (χ0n) is 6.30. The van der Waals surface area contributed by atoms with E-state index in [0.717, 1.165) is 0 Å². The number of hydrogen-bond donors (Lipinski definition) is 1. The lowest BCUT2D eigenvalue weighted by atomic mass is 10.1. The monoisotopic (exact) mass is 197 g/mol. The van der Waals surface area contributed by atoms with Crippen molar-refractivity contribution in [2.75, 3.05) is 13.2 Å². The molecule has 0 atom stereocenters. The number of hydrogen-bond acceptors (Lipinski definition) is 5. The summed E-state index contributed by atoms with van der Waals surface area (Å²) in [5.74, 6) is 0. The van der Waals surface area contributed by atoms with E-state index < -0.39 is 31.5 Å². The van der Waals surface area contributed by atoms with Crippen molar-refractivity contribution in [3.63, 3.8) is 0 Å². The summed E-state index contributed by atoms with van der Waals surface area (Å²) in [6, 6.07) is 0. The fourth-order valence-corrected chi connectivity index (χ4v) is 1.58. The number of phosphoric ester groups is 1. The van der Waals surface area contributed by atoms with Crippen molar-refractivity contribution in [3.05, 3.63) is 10.1 Å². The van der Waals surface area contributed by atoms with Crippen LogP contribution in [0.1, 0.15) is 6.92 Å². The van der Waals surface area contributed by atoms with Crippen molar-refractivity contribution in [2.45, 2.75) is 12.5 Å². The fourth-order valence-electron chi connectivity index (χ4n) is 0.626. The maximum absolute atomic E-state index is 10.6. The van der Waals surface area contributed by atoms with E-state index in [1.807, 2.05) is 0 Å². The summed E-state index contributed by atoms with van der Waals surface area (Å²) in [4.78, 5) is 18.4. The molecule has 0 unspecified atom stereocenters. The third-order valence-corrected chi connectivity index (χ3v) is 2.43. The van der Waals surface area contributed by atoms with E-state index in [2.05, 4.69) is 9.05 Å². The first-order chi connectivity index (χ1) is 5.36. The predicted molar refractivity (Wildman–Crippen MR) is 37.1 cm³/mol. The number of rotatable bonds is 1. The average Bonchev–Trinajstić information content (AvgIpc) is 1.96. The first-order valence-electron chi connectivity index (χ1n) is 3.12.